The van der Waals surface area contributed by atoms with Crippen molar-refractivity contribution in [3.8, 4) is 16.9 Å². The number of carbonyl (C=O) groups is 1. The van der Waals surface area contributed by atoms with Crippen LogP contribution in [0, 0.1) is 6.92 Å². The molecule has 0 aliphatic heterocycles. The molecule has 0 aliphatic rings. The number of rotatable bonds is 5. The molecule has 0 aliphatic carbocycles. The summed E-state index contributed by atoms with van der Waals surface area (Å²) in [6, 6.07) is 15.8. The van der Waals surface area contributed by atoms with Crippen LogP contribution in [0.15, 0.2) is 53.0 Å². The molecule has 1 heterocycles. The van der Waals surface area contributed by atoms with Crippen molar-refractivity contribution >= 4 is 27.8 Å². The van der Waals surface area contributed by atoms with Crippen LogP contribution in [0.4, 0.5) is 5.95 Å². The number of hydrazine groups is 1. The van der Waals surface area contributed by atoms with Gasteiger partial charge in [-0.25, -0.2) is 15.8 Å². The van der Waals surface area contributed by atoms with Gasteiger partial charge in [0.1, 0.15) is 12.4 Å². The van der Waals surface area contributed by atoms with Crippen molar-refractivity contribution in [3.63, 3.8) is 0 Å². The molecule has 0 saturated heterocycles. The molecular formula is C19H18BrN5O2. The Hall–Kier alpha value is -2.97. The normalized spacial score (nSPS) is 10.5. The molecule has 138 valence electrons. The summed E-state index contributed by atoms with van der Waals surface area (Å²) in [6.07, 6.45) is 0. The highest BCUT2D eigenvalue weighted by molar-refractivity contribution is 9.10. The van der Waals surface area contributed by atoms with E-state index in [0.29, 0.717) is 17.1 Å². The van der Waals surface area contributed by atoms with Crippen LogP contribution >= 0.6 is 15.9 Å². The van der Waals surface area contributed by atoms with Gasteiger partial charge in [-0.3, -0.25) is 10.2 Å². The Labute approximate surface area is 164 Å². The van der Waals surface area contributed by atoms with Gasteiger partial charge in [0.05, 0.1) is 21.4 Å². The predicted molar refractivity (Wildman–Crippen MR) is 107 cm³/mol. The average molecular weight is 428 g/mol. The minimum atomic E-state index is -0.496. The Bertz CT molecular complexity index is 979. The summed E-state index contributed by atoms with van der Waals surface area (Å²) in [5, 5.41) is 0. The van der Waals surface area contributed by atoms with Gasteiger partial charge in [-0.15, -0.1) is 0 Å². The monoisotopic (exact) mass is 427 g/mol. The highest BCUT2D eigenvalue weighted by Gasteiger charge is 2.18. The maximum atomic E-state index is 12.0. The van der Waals surface area contributed by atoms with E-state index in [1.807, 2.05) is 48.5 Å². The van der Waals surface area contributed by atoms with E-state index < -0.39 is 5.91 Å². The van der Waals surface area contributed by atoms with Gasteiger partial charge < -0.3 is 10.5 Å². The second kappa shape index (κ2) is 8.15. The number of nitrogens with zero attached hydrogens (tertiary/aromatic N) is 2. The number of aromatic nitrogens is 2. The molecule has 3 rings (SSSR count). The molecule has 2 aromatic carbocycles. The molecule has 0 radical (unpaired) electrons. The van der Waals surface area contributed by atoms with Crippen molar-refractivity contribution in [1.29, 1.82) is 0 Å². The zero-order valence-electron chi connectivity index (χ0n) is 14.6. The number of aryl methyl sites for hydroxylation is 1. The number of amides is 1. The Morgan fingerprint density at radius 3 is 2.56 bits per heavy atom. The molecule has 8 heteroatoms. The smallest absolute Gasteiger partial charge is 0.269 e. The van der Waals surface area contributed by atoms with Gasteiger partial charge in [-0.2, -0.15) is 0 Å². The van der Waals surface area contributed by atoms with Crippen LogP contribution in [0.1, 0.15) is 21.7 Å². The second-order valence-electron chi connectivity index (χ2n) is 5.76. The molecular weight excluding hydrogens is 410 g/mol. The third-order valence-electron chi connectivity index (χ3n) is 3.94. The Morgan fingerprint density at radius 2 is 1.89 bits per heavy atom. The van der Waals surface area contributed by atoms with Gasteiger partial charge in [0.2, 0.25) is 5.95 Å². The Morgan fingerprint density at radius 1 is 1.15 bits per heavy atom. The molecule has 1 aromatic heterocycles. The van der Waals surface area contributed by atoms with Gasteiger partial charge in [0.15, 0.2) is 0 Å². The van der Waals surface area contributed by atoms with Gasteiger partial charge in [0.25, 0.3) is 5.91 Å². The summed E-state index contributed by atoms with van der Waals surface area (Å²) in [5.74, 6) is 5.44. The fourth-order valence-electron chi connectivity index (χ4n) is 2.70. The van der Waals surface area contributed by atoms with E-state index in [4.69, 9.17) is 16.3 Å². The number of anilines is 1. The highest BCUT2D eigenvalue weighted by atomic mass is 79.9. The molecule has 0 saturated carbocycles. The number of ether oxygens (including phenoxy) is 1. The van der Waals surface area contributed by atoms with E-state index in [1.54, 1.807) is 6.92 Å². The molecule has 3 aromatic rings. The topological polar surface area (TPSA) is 116 Å². The predicted octanol–water partition coefficient (Wildman–Crippen LogP) is 2.98. The molecule has 7 nitrogen and oxygen atoms in total. The fourth-order valence-corrected chi connectivity index (χ4v) is 3.20. The maximum absolute atomic E-state index is 12.0. The van der Waals surface area contributed by atoms with E-state index in [1.165, 1.54) is 0 Å². The van der Waals surface area contributed by atoms with E-state index in [9.17, 15) is 4.79 Å². The number of hydrogen-bond acceptors (Lipinski definition) is 6. The zero-order valence-corrected chi connectivity index (χ0v) is 16.2. The van der Waals surface area contributed by atoms with Gasteiger partial charge >= 0.3 is 0 Å². The van der Waals surface area contributed by atoms with Crippen LogP contribution in [0.25, 0.3) is 11.1 Å². The molecule has 0 fully saturated rings. The largest absolute Gasteiger partial charge is 0.486 e. The van der Waals surface area contributed by atoms with E-state index in [0.717, 1.165) is 15.6 Å². The van der Waals surface area contributed by atoms with Crippen LogP contribution in [0.2, 0.25) is 0 Å². The molecule has 0 unspecified atom stereocenters. The third kappa shape index (κ3) is 4.24. The van der Waals surface area contributed by atoms with E-state index in [-0.39, 0.29) is 18.1 Å². The third-order valence-corrected chi connectivity index (χ3v) is 4.56. The molecule has 0 atom stereocenters. The number of halogens is 1. The first-order valence-electron chi connectivity index (χ1n) is 8.11. The van der Waals surface area contributed by atoms with Crippen LogP contribution in [-0.4, -0.2) is 15.9 Å². The van der Waals surface area contributed by atoms with E-state index >= 15 is 0 Å². The standard InChI is InChI=1S/C19H18BrN5O2/c1-11-17(18(26)25-22)15(24-19(21)23-11)10-27-16-8-7-13(9-14(16)20)12-5-3-2-4-6-12/h2-9H,10,22H2,1H3,(H,25,26)(H2,21,23,24). The first kappa shape index (κ1) is 18.8. The van der Waals surface area contributed by atoms with Crippen molar-refractivity contribution in [2.24, 2.45) is 5.84 Å². The minimum absolute atomic E-state index is 0.0413. The van der Waals surface area contributed by atoms with Crippen LogP contribution in [0.5, 0.6) is 5.75 Å². The Balaban J connectivity index is 1.84. The summed E-state index contributed by atoms with van der Waals surface area (Å²) in [5.41, 5.74) is 11.0. The second-order valence-corrected chi connectivity index (χ2v) is 6.62. The van der Waals surface area contributed by atoms with Crippen molar-refractivity contribution in [2.75, 3.05) is 5.73 Å². The van der Waals surface area contributed by atoms with Gasteiger partial charge in [-0.05, 0) is 46.1 Å². The van der Waals surface area contributed by atoms with Crippen molar-refractivity contribution in [2.45, 2.75) is 13.5 Å². The first-order valence-corrected chi connectivity index (χ1v) is 8.90. The molecule has 1 amide bonds. The van der Waals surface area contributed by atoms with Crippen molar-refractivity contribution in [1.82, 2.24) is 15.4 Å². The molecule has 0 bridgehead atoms. The first-order chi connectivity index (χ1) is 13.0. The van der Waals surface area contributed by atoms with Crippen LogP contribution in [0.3, 0.4) is 0 Å². The quantitative estimate of drug-likeness (QED) is 0.327. The average Bonchev–Trinajstić information content (AvgIpc) is 2.66. The summed E-state index contributed by atoms with van der Waals surface area (Å²) < 4.78 is 6.63. The summed E-state index contributed by atoms with van der Waals surface area (Å²) >= 11 is 3.53. The molecule has 27 heavy (non-hydrogen) atoms. The van der Waals surface area contributed by atoms with Crippen molar-refractivity contribution < 1.29 is 9.53 Å². The zero-order chi connectivity index (χ0) is 19.4. The lowest BCUT2D eigenvalue weighted by Crippen LogP contribution is -2.32. The lowest BCUT2D eigenvalue weighted by atomic mass is 10.1. The van der Waals surface area contributed by atoms with E-state index in [2.05, 4.69) is 31.3 Å². The number of hydrogen-bond donors (Lipinski definition) is 3. The summed E-state index contributed by atoms with van der Waals surface area (Å²) in [6.45, 7) is 1.70. The van der Waals surface area contributed by atoms with Gasteiger partial charge in [0, 0.05) is 0 Å². The fraction of sp³-hybridized carbons (Fsp3) is 0.105. The summed E-state index contributed by atoms with van der Waals surface area (Å²) in [4.78, 5) is 20.2. The van der Waals surface area contributed by atoms with Gasteiger partial charge in [-0.1, -0.05) is 36.4 Å². The molecule has 5 N–H and O–H groups in total. The molecule has 0 spiro atoms. The number of nitrogens with one attached hydrogen (secondary N) is 1. The van der Waals surface area contributed by atoms with Crippen LogP contribution < -0.4 is 21.7 Å². The highest BCUT2D eigenvalue weighted by Crippen LogP contribution is 2.31. The number of nitrogen functional groups attached to an aromatic ring is 2. The minimum Gasteiger partial charge on any atom is -0.486 e. The Kier molecular flexibility index (Phi) is 5.68. The lowest BCUT2D eigenvalue weighted by molar-refractivity contribution is 0.0949. The lowest BCUT2D eigenvalue weighted by Gasteiger charge is -2.13. The SMILES string of the molecule is Cc1nc(N)nc(COc2ccc(-c3ccccc3)cc2Br)c1C(=O)NN. The maximum Gasteiger partial charge on any atom is 0.269 e. The summed E-state index contributed by atoms with van der Waals surface area (Å²) in [7, 11) is 0. The van der Waals surface area contributed by atoms with Crippen LogP contribution in [-0.2, 0) is 6.61 Å². The van der Waals surface area contributed by atoms with Crippen molar-refractivity contribution in [3.05, 3.63) is 70.0 Å². The number of benzene rings is 2. The number of carbonyl (C=O) groups excluding carboxylic acids is 1. The number of nitrogens with two attached hydrogens (primary N) is 2.